The van der Waals surface area contributed by atoms with Crippen LogP contribution in [0.3, 0.4) is 0 Å². The molecule has 0 atom stereocenters. The van der Waals surface area contributed by atoms with Crippen LogP contribution in [0.15, 0.2) is 84.4 Å². The third-order valence-corrected chi connectivity index (χ3v) is 6.66. The highest BCUT2D eigenvalue weighted by atomic mass is 35.5. The maximum atomic E-state index is 13.5. The minimum Gasteiger partial charge on any atom is -0.488 e. The van der Waals surface area contributed by atoms with Gasteiger partial charge in [0.25, 0.3) is 11.8 Å². The van der Waals surface area contributed by atoms with Gasteiger partial charge in [0.05, 0.1) is 5.69 Å². The number of anilines is 1. The van der Waals surface area contributed by atoms with E-state index in [1.165, 1.54) is 6.08 Å². The lowest BCUT2D eigenvalue weighted by atomic mass is 9.99. The number of rotatable bonds is 5. The van der Waals surface area contributed by atoms with Gasteiger partial charge in [-0.3, -0.25) is 14.9 Å². The van der Waals surface area contributed by atoms with Gasteiger partial charge in [-0.15, -0.1) is 0 Å². The molecule has 1 N–H and O–H groups in total. The van der Waals surface area contributed by atoms with Gasteiger partial charge < -0.3 is 4.74 Å². The maximum absolute atomic E-state index is 13.5. The summed E-state index contributed by atoms with van der Waals surface area (Å²) >= 11 is 12.3. The highest BCUT2D eigenvalue weighted by Crippen LogP contribution is 2.33. The van der Waals surface area contributed by atoms with Gasteiger partial charge >= 0.3 is 6.03 Å². The number of halogens is 2. The Labute approximate surface area is 223 Å². The van der Waals surface area contributed by atoms with Gasteiger partial charge in [0.15, 0.2) is 0 Å². The smallest absolute Gasteiger partial charge is 0.335 e. The van der Waals surface area contributed by atoms with Crippen molar-refractivity contribution in [3.63, 3.8) is 0 Å². The van der Waals surface area contributed by atoms with Crippen molar-refractivity contribution in [3.05, 3.63) is 111 Å². The summed E-state index contributed by atoms with van der Waals surface area (Å²) in [4.78, 5) is 40.0. The summed E-state index contributed by atoms with van der Waals surface area (Å²) in [5.74, 6) is -1.06. The van der Waals surface area contributed by atoms with Crippen molar-refractivity contribution < 1.29 is 19.1 Å². The van der Waals surface area contributed by atoms with Gasteiger partial charge in [-0.2, -0.15) is 0 Å². The monoisotopic (exact) mass is 530 g/mol. The van der Waals surface area contributed by atoms with Crippen LogP contribution in [-0.4, -0.2) is 17.8 Å². The number of nitrogens with zero attached hydrogens (tertiary/aromatic N) is 1. The zero-order chi connectivity index (χ0) is 26.1. The van der Waals surface area contributed by atoms with E-state index in [4.69, 9.17) is 27.9 Å². The fraction of sp³-hybridized carbons (Fsp3) is 0.0690. The molecule has 0 bridgehead atoms. The quantitative estimate of drug-likeness (QED) is 0.230. The number of ether oxygens (including phenoxy) is 1. The summed E-state index contributed by atoms with van der Waals surface area (Å²) in [6.07, 6.45) is 1.47. The summed E-state index contributed by atoms with van der Waals surface area (Å²) in [5.41, 5.74) is 2.18. The molecule has 37 heavy (non-hydrogen) atoms. The average molecular weight is 531 g/mol. The molecule has 0 aromatic heterocycles. The highest BCUT2D eigenvalue weighted by Gasteiger charge is 2.37. The van der Waals surface area contributed by atoms with Gasteiger partial charge in [-0.25, -0.2) is 9.69 Å². The Balaban J connectivity index is 1.59. The first-order valence-corrected chi connectivity index (χ1v) is 12.1. The molecule has 0 radical (unpaired) electrons. The van der Waals surface area contributed by atoms with E-state index < -0.39 is 17.8 Å². The number of para-hydroxylation sites is 1. The molecular weight excluding hydrogens is 511 g/mol. The van der Waals surface area contributed by atoms with E-state index in [0.29, 0.717) is 32.6 Å². The summed E-state index contributed by atoms with van der Waals surface area (Å²) in [6.45, 7) is 1.92. The molecule has 0 spiro atoms. The van der Waals surface area contributed by atoms with Crippen molar-refractivity contribution in [3.8, 4) is 5.75 Å². The van der Waals surface area contributed by atoms with Crippen molar-refractivity contribution in [2.45, 2.75) is 13.5 Å². The summed E-state index contributed by atoms with van der Waals surface area (Å²) in [6, 6.07) is 22.5. The second-order valence-electron chi connectivity index (χ2n) is 8.47. The van der Waals surface area contributed by atoms with Crippen LogP contribution in [0.5, 0.6) is 5.75 Å². The average Bonchev–Trinajstić information content (AvgIpc) is 2.87. The zero-order valence-corrected chi connectivity index (χ0v) is 21.1. The molecule has 1 saturated heterocycles. The van der Waals surface area contributed by atoms with E-state index in [1.807, 2.05) is 30.3 Å². The van der Waals surface area contributed by atoms with E-state index in [9.17, 15) is 14.4 Å². The van der Waals surface area contributed by atoms with Gasteiger partial charge in [-0.05, 0) is 53.6 Å². The predicted octanol–water partition coefficient (Wildman–Crippen LogP) is 6.70. The largest absolute Gasteiger partial charge is 0.488 e. The lowest BCUT2D eigenvalue weighted by molar-refractivity contribution is -0.122. The molecule has 1 heterocycles. The molecule has 0 unspecified atom stereocenters. The van der Waals surface area contributed by atoms with Crippen molar-refractivity contribution in [1.82, 2.24) is 5.32 Å². The molecule has 4 amide bonds. The molecule has 1 fully saturated rings. The molecule has 4 aromatic carbocycles. The number of nitrogens with one attached hydrogen (secondary N) is 1. The maximum Gasteiger partial charge on any atom is 0.335 e. The number of fused-ring (bicyclic) bond motifs is 1. The summed E-state index contributed by atoms with van der Waals surface area (Å²) in [5, 5.41) is 4.92. The normalized spacial score (nSPS) is 14.8. The second kappa shape index (κ2) is 10.1. The Kier molecular flexibility index (Phi) is 6.70. The molecule has 1 aliphatic heterocycles. The van der Waals surface area contributed by atoms with Crippen LogP contribution in [0.25, 0.3) is 16.8 Å². The van der Waals surface area contributed by atoms with Crippen molar-refractivity contribution in [2.24, 2.45) is 0 Å². The standard InChI is InChI=1S/C29H20Cl2N2O4/c1-17-6-2-5-9-25(17)33-28(35)23(27(34)32-29(33)36)15-22-21-8-4-3-7-18(21)11-13-26(22)37-16-19-10-12-20(30)14-24(19)31/h2-15H,16H2,1H3,(H,32,34,36)/b23-15+. The number of amides is 4. The molecular formula is C29H20Cl2N2O4. The number of urea groups is 1. The van der Waals surface area contributed by atoms with E-state index in [2.05, 4.69) is 5.32 Å². The van der Waals surface area contributed by atoms with Crippen molar-refractivity contribution in [2.75, 3.05) is 4.90 Å². The summed E-state index contributed by atoms with van der Waals surface area (Å²) < 4.78 is 6.12. The Morgan fingerprint density at radius 3 is 2.46 bits per heavy atom. The second-order valence-corrected chi connectivity index (χ2v) is 9.31. The number of imide groups is 2. The Bertz CT molecular complexity index is 1610. The fourth-order valence-corrected chi connectivity index (χ4v) is 4.64. The van der Waals surface area contributed by atoms with E-state index in [0.717, 1.165) is 21.2 Å². The SMILES string of the molecule is Cc1ccccc1N1C(=O)NC(=O)/C(=C\c2c(OCc3ccc(Cl)cc3Cl)ccc3ccccc23)C1=O. The molecule has 8 heteroatoms. The van der Waals surface area contributed by atoms with E-state index >= 15 is 0 Å². The van der Waals surface area contributed by atoms with Crippen LogP contribution < -0.4 is 15.0 Å². The van der Waals surface area contributed by atoms with Gasteiger partial charge in [0.2, 0.25) is 0 Å². The van der Waals surface area contributed by atoms with Crippen LogP contribution >= 0.6 is 23.2 Å². The first-order chi connectivity index (χ1) is 17.8. The van der Waals surface area contributed by atoms with Crippen LogP contribution in [0, 0.1) is 6.92 Å². The lowest BCUT2D eigenvalue weighted by Crippen LogP contribution is -2.54. The fourth-order valence-electron chi connectivity index (χ4n) is 4.18. The van der Waals surface area contributed by atoms with Crippen LogP contribution in [0.2, 0.25) is 10.0 Å². The molecule has 184 valence electrons. The molecule has 6 nitrogen and oxygen atoms in total. The molecule has 4 aromatic rings. The van der Waals surface area contributed by atoms with Crippen LogP contribution in [0.4, 0.5) is 10.5 Å². The molecule has 0 aliphatic carbocycles. The van der Waals surface area contributed by atoms with Crippen molar-refractivity contribution in [1.29, 1.82) is 0 Å². The Morgan fingerprint density at radius 1 is 0.919 bits per heavy atom. The third kappa shape index (κ3) is 4.81. The lowest BCUT2D eigenvalue weighted by Gasteiger charge is -2.27. The first kappa shape index (κ1) is 24.6. The number of carbonyl (C=O) groups excluding carboxylic acids is 3. The van der Waals surface area contributed by atoms with Gasteiger partial charge in [-0.1, -0.05) is 77.8 Å². The third-order valence-electron chi connectivity index (χ3n) is 6.08. The van der Waals surface area contributed by atoms with E-state index in [-0.39, 0.29) is 12.2 Å². The minimum atomic E-state index is -0.798. The zero-order valence-electron chi connectivity index (χ0n) is 19.6. The summed E-state index contributed by atoms with van der Waals surface area (Å²) in [7, 11) is 0. The highest BCUT2D eigenvalue weighted by molar-refractivity contribution is 6.39. The van der Waals surface area contributed by atoms with Crippen LogP contribution in [0.1, 0.15) is 16.7 Å². The Morgan fingerprint density at radius 2 is 1.68 bits per heavy atom. The van der Waals surface area contributed by atoms with Gasteiger partial charge in [0, 0.05) is 21.2 Å². The Hall–Kier alpha value is -4.13. The van der Waals surface area contributed by atoms with Gasteiger partial charge in [0.1, 0.15) is 17.9 Å². The van der Waals surface area contributed by atoms with E-state index in [1.54, 1.807) is 55.5 Å². The number of hydrogen-bond acceptors (Lipinski definition) is 4. The number of benzene rings is 4. The number of aryl methyl sites for hydroxylation is 1. The minimum absolute atomic E-state index is 0.137. The van der Waals surface area contributed by atoms with Crippen LogP contribution in [-0.2, 0) is 16.2 Å². The topological polar surface area (TPSA) is 75.7 Å². The number of hydrogen-bond donors (Lipinski definition) is 1. The molecule has 0 saturated carbocycles. The molecule has 5 rings (SSSR count). The number of barbiturate groups is 1. The first-order valence-electron chi connectivity index (χ1n) is 11.4. The number of carbonyl (C=O) groups is 3. The molecule has 1 aliphatic rings. The van der Waals surface area contributed by atoms with Crippen molar-refractivity contribution >= 4 is 63.6 Å². The predicted molar refractivity (Wildman–Crippen MR) is 145 cm³/mol.